The number of pyridine rings is 1. The smallest absolute Gasteiger partial charge is 0.192 e. The Balaban J connectivity index is 1.89. The number of rotatable bonds is 3. The van der Waals surface area contributed by atoms with Crippen molar-refractivity contribution in [3.63, 3.8) is 0 Å². The molecule has 0 aromatic carbocycles. The van der Waals surface area contributed by atoms with E-state index in [1.54, 1.807) is 0 Å². The fourth-order valence-electron chi connectivity index (χ4n) is 4.20. The van der Waals surface area contributed by atoms with Crippen molar-refractivity contribution in [1.82, 2.24) is 9.47 Å². The van der Waals surface area contributed by atoms with E-state index in [0.29, 0.717) is 37.4 Å². The molecule has 1 aromatic rings. The Labute approximate surface area is 136 Å². The van der Waals surface area contributed by atoms with Gasteiger partial charge in [-0.25, -0.2) is 4.39 Å². The van der Waals surface area contributed by atoms with E-state index in [9.17, 15) is 9.18 Å². The van der Waals surface area contributed by atoms with Crippen LogP contribution in [-0.4, -0.2) is 28.7 Å². The van der Waals surface area contributed by atoms with E-state index in [1.165, 1.54) is 6.42 Å². The number of halogens is 1. The van der Waals surface area contributed by atoms with E-state index in [-0.39, 0.29) is 5.43 Å². The highest BCUT2D eigenvalue weighted by atomic mass is 19.1. The molecule has 0 N–H and O–H groups in total. The monoisotopic (exact) mass is 316 g/mol. The van der Waals surface area contributed by atoms with Crippen LogP contribution in [0.5, 0.6) is 0 Å². The highest BCUT2D eigenvalue weighted by Crippen LogP contribution is 2.41. The lowest BCUT2D eigenvalue weighted by molar-refractivity contribution is 0.273. The fraction of sp³-hybridized carbons (Fsp3) is 0.632. The second-order valence-electron chi connectivity index (χ2n) is 7.68. The molecule has 0 bridgehead atoms. The molecule has 1 saturated carbocycles. The summed E-state index contributed by atoms with van der Waals surface area (Å²) in [4.78, 5) is 15.0. The topological polar surface area (TPSA) is 25.2 Å². The Kier molecular flexibility index (Phi) is 3.49. The highest BCUT2D eigenvalue weighted by Gasteiger charge is 2.36. The summed E-state index contributed by atoms with van der Waals surface area (Å²) in [6.07, 6.45) is 5.55. The summed E-state index contributed by atoms with van der Waals surface area (Å²) in [5.74, 6) is 1.19. The zero-order valence-corrected chi connectivity index (χ0v) is 14.2. The van der Waals surface area contributed by atoms with Crippen LogP contribution >= 0.6 is 0 Å². The van der Waals surface area contributed by atoms with Gasteiger partial charge in [-0.05, 0) is 45.4 Å². The van der Waals surface area contributed by atoms with Crippen LogP contribution in [0.1, 0.15) is 44.0 Å². The molecule has 3 aliphatic rings. The minimum absolute atomic E-state index is 0.171. The summed E-state index contributed by atoms with van der Waals surface area (Å²) in [6, 6.07) is 0.293. The lowest BCUT2D eigenvalue weighted by Crippen LogP contribution is -2.50. The van der Waals surface area contributed by atoms with Gasteiger partial charge < -0.3 is 4.57 Å². The lowest BCUT2D eigenvalue weighted by Gasteiger charge is -2.25. The Hall–Kier alpha value is -1.42. The molecule has 2 heterocycles. The molecule has 4 heteroatoms. The van der Waals surface area contributed by atoms with Crippen molar-refractivity contribution >= 4 is 12.2 Å². The Morgan fingerprint density at radius 1 is 1.30 bits per heavy atom. The number of hydrogen-bond donors (Lipinski definition) is 0. The number of aromatic nitrogens is 1. The molecule has 0 amide bonds. The molecular formula is C19H25FN2O. The van der Waals surface area contributed by atoms with E-state index in [4.69, 9.17) is 0 Å². The second kappa shape index (κ2) is 5.30. The van der Waals surface area contributed by atoms with Gasteiger partial charge in [0, 0.05) is 47.5 Å². The standard InChI is InChI=1S/C19H25FN2O/c1-11(2)22-17-8-14-6-13(14)7-16(17)19(23)12(3)18(22)10-21-5-4-15(20)9-21/h7-8,11,13-15H,4-6,9-10H2,1-3H3/t13?,14?,15-/m1/s1. The van der Waals surface area contributed by atoms with Crippen molar-refractivity contribution in [2.45, 2.75) is 52.4 Å². The van der Waals surface area contributed by atoms with E-state index in [1.807, 2.05) is 6.92 Å². The van der Waals surface area contributed by atoms with Gasteiger partial charge in [0.2, 0.25) is 0 Å². The van der Waals surface area contributed by atoms with Crippen LogP contribution in [0.3, 0.4) is 0 Å². The summed E-state index contributed by atoms with van der Waals surface area (Å²) in [6.45, 7) is 8.22. The SMILES string of the molecule is Cc1c(CN2CC[C@@H](F)C2)n(C(C)C)c2c(c1=O)=CC1CC1C=2. The van der Waals surface area contributed by atoms with E-state index < -0.39 is 6.17 Å². The average Bonchev–Trinajstić information content (AvgIpc) is 3.15. The number of hydrogen-bond acceptors (Lipinski definition) is 2. The molecule has 0 spiro atoms. The minimum Gasteiger partial charge on any atom is -0.341 e. The first-order chi connectivity index (χ1) is 11.0. The van der Waals surface area contributed by atoms with E-state index in [2.05, 4.69) is 35.5 Å². The Morgan fingerprint density at radius 3 is 2.70 bits per heavy atom. The number of fused-ring (bicyclic) bond motifs is 2. The van der Waals surface area contributed by atoms with Gasteiger partial charge in [-0.3, -0.25) is 9.69 Å². The molecule has 23 heavy (non-hydrogen) atoms. The molecule has 4 rings (SSSR count). The van der Waals surface area contributed by atoms with Gasteiger partial charge in [-0.2, -0.15) is 0 Å². The first kappa shape index (κ1) is 15.1. The number of nitrogens with zero attached hydrogens (tertiary/aromatic N) is 2. The summed E-state index contributed by atoms with van der Waals surface area (Å²) in [5.41, 5.74) is 2.08. The van der Waals surface area contributed by atoms with Crippen LogP contribution in [0.4, 0.5) is 4.39 Å². The van der Waals surface area contributed by atoms with Crippen LogP contribution in [0.25, 0.3) is 12.2 Å². The summed E-state index contributed by atoms with van der Waals surface area (Å²) in [7, 11) is 0. The molecular weight excluding hydrogens is 291 g/mol. The highest BCUT2D eigenvalue weighted by molar-refractivity contribution is 5.49. The second-order valence-corrected chi connectivity index (χ2v) is 7.68. The van der Waals surface area contributed by atoms with Gasteiger partial charge >= 0.3 is 0 Å². The predicted octanol–water partition coefficient (Wildman–Crippen LogP) is 1.49. The van der Waals surface area contributed by atoms with Crippen LogP contribution in [0, 0.1) is 18.8 Å². The average molecular weight is 316 g/mol. The van der Waals surface area contributed by atoms with Crippen LogP contribution < -0.4 is 16.0 Å². The van der Waals surface area contributed by atoms with Gasteiger partial charge in [0.05, 0.1) is 0 Å². The van der Waals surface area contributed by atoms with Gasteiger partial charge in [-0.15, -0.1) is 0 Å². The third-order valence-corrected chi connectivity index (χ3v) is 5.59. The summed E-state index contributed by atoms with van der Waals surface area (Å²) < 4.78 is 15.8. The minimum atomic E-state index is -0.723. The molecule has 2 unspecified atom stereocenters. The molecule has 0 radical (unpaired) electrons. The van der Waals surface area contributed by atoms with Crippen molar-refractivity contribution < 1.29 is 4.39 Å². The van der Waals surface area contributed by atoms with Crippen molar-refractivity contribution in [3.05, 3.63) is 32.0 Å². The predicted molar refractivity (Wildman–Crippen MR) is 90.4 cm³/mol. The maximum absolute atomic E-state index is 13.5. The van der Waals surface area contributed by atoms with Crippen molar-refractivity contribution in [2.24, 2.45) is 11.8 Å². The van der Waals surface area contributed by atoms with Crippen molar-refractivity contribution in [3.8, 4) is 0 Å². The van der Waals surface area contributed by atoms with Crippen LogP contribution in [0.2, 0.25) is 0 Å². The van der Waals surface area contributed by atoms with Crippen LogP contribution in [0.15, 0.2) is 4.79 Å². The lowest BCUT2D eigenvalue weighted by atomic mass is 10.1. The summed E-state index contributed by atoms with van der Waals surface area (Å²) in [5, 5.41) is 1.99. The molecule has 1 aromatic heterocycles. The van der Waals surface area contributed by atoms with Gasteiger partial charge in [0.15, 0.2) is 5.43 Å². The fourth-order valence-corrected chi connectivity index (χ4v) is 4.20. The maximum Gasteiger partial charge on any atom is 0.192 e. The normalized spacial score (nSPS) is 29.0. The maximum atomic E-state index is 13.5. The zero-order valence-electron chi connectivity index (χ0n) is 14.2. The third-order valence-electron chi connectivity index (χ3n) is 5.59. The van der Waals surface area contributed by atoms with Crippen LogP contribution in [-0.2, 0) is 6.54 Å². The number of alkyl halides is 1. The largest absolute Gasteiger partial charge is 0.341 e. The van der Waals surface area contributed by atoms with E-state index >= 15 is 0 Å². The van der Waals surface area contributed by atoms with Gasteiger partial charge in [0.25, 0.3) is 0 Å². The third kappa shape index (κ3) is 2.47. The quantitative estimate of drug-likeness (QED) is 0.844. The summed E-state index contributed by atoms with van der Waals surface area (Å²) >= 11 is 0. The first-order valence-electron chi connectivity index (χ1n) is 8.80. The Bertz CT molecular complexity index is 823. The molecule has 2 aliphatic carbocycles. The van der Waals surface area contributed by atoms with E-state index in [0.717, 1.165) is 28.4 Å². The zero-order chi connectivity index (χ0) is 16.3. The van der Waals surface area contributed by atoms with Crippen molar-refractivity contribution in [1.29, 1.82) is 0 Å². The van der Waals surface area contributed by atoms with Gasteiger partial charge in [-0.1, -0.05) is 12.2 Å². The molecule has 124 valence electrons. The first-order valence-corrected chi connectivity index (χ1v) is 8.80. The molecule has 3 atom stereocenters. The molecule has 3 nitrogen and oxygen atoms in total. The van der Waals surface area contributed by atoms with Gasteiger partial charge in [0.1, 0.15) is 6.17 Å². The van der Waals surface area contributed by atoms with Crippen molar-refractivity contribution in [2.75, 3.05) is 13.1 Å². The number of likely N-dealkylation sites (tertiary alicyclic amines) is 1. The Morgan fingerprint density at radius 2 is 2.04 bits per heavy atom. The molecule has 1 saturated heterocycles. The molecule has 1 aliphatic heterocycles. The molecule has 2 fully saturated rings.